The van der Waals surface area contributed by atoms with Crippen LogP contribution in [0.3, 0.4) is 0 Å². The zero-order valence-corrected chi connectivity index (χ0v) is 72.6. The van der Waals surface area contributed by atoms with E-state index in [9.17, 15) is 0 Å². The van der Waals surface area contributed by atoms with E-state index in [1.54, 1.807) is 0 Å². The Morgan fingerprint density at radius 2 is 0.703 bits per heavy atom. The Balaban J connectivity index is 0.000000126. The van der Waals surface area contributed by atoms with Crippen LogP contribution in [0.2, 0.25) is 0 Å². The minimum atomic E-state index is -0.267. The fraction of sp³-hybridized carbons (Fsp3) is 0.905. The van der Waals surface area contributed by atoms with Crippen LogP contribution in [0.25, 0.3) is 0 Å². The van der Waals surface area contributed by atoms with Crippen LogP contribution < -0.4 is 141 Å². The predicted octanol–water partition coefficient (Wildman–Crippen LogP) is 1.54. The normalized spacial score (nSPS) is 36.1. The second kappa shape index (κ2) is 58.1. The summed E-state index contributed by atoms with van der Waals surface area (Å²) in [5, 5.41) is 0. The predicted molar refractivity (Wildman–Crippen MR) is 466 cm³/mol. The lowest BCUT2D eigenvalue weighted by Gasteiger charge is -2.29. The van der Waals surface area contributed by atoms with Crippen molar-refractivity contribution in [1.29, 1.82) is 0 Å². The molecular formula is C84H166N26O8. The minimum Gasteiger partial charge on any atom is -0.377 e. The summed E-state index contributed by atoms with van der Waals surface area (Å²) in [7, 11) is 0. The van der Waals surface area contributed by atoms with Crippen molar-refractivity contribution in [3.63, 3.8) is 0 Å². The lowest BCUT2D eigenvalue weighted by atomic mass is 9.78. The van der Waals surface area contributed by atoms with Crippen LogP contribution in [0.5, 0.6) is 0 Å². The van der Waals surface area contributed by atoms with Gasteiger partial charge >= 0.3 is 0 Å². The fourth-order valence-electron chi connectivity index (χ4n) is 18.6. The van der Waals surface area contributed by atoms with Gasteiger partial charge in [-0.1, -0.05) is 105 Å². The van der Waals surface area contributed by atoms with E-state index in [1.807, 2.05) is 0 Å². The zero-order valence-electron chi connectivity index (χ0n) is 72.6. The summed E-state index contributed by atoms with van der Waals surface area (Å²) < 4.78 is 43.3. The lowest BCUT2D eigenvalue weighted by molar-refractivity contribution is -0.161. The van der Waals surface area contributed by atoms with Crippen LogP contribution in [-0.2, 0) is 37.9 Å². The molecule has 5 saturated carbocycles. The van der Waals surface area contributed by atoms with Gasteiger partial charge in [0.05, 0.1) is 102 Å². The Morgan fingerprint density at radius 1 is 0.271 bits per heavy atom. The summed E-state index contributed by atoms with van der Waals surface area (Å²) in [6.45, 7) is 29.6. The number of fused-ring (bicyclic) bond motifs is 16. The maximum Gasteiger partial charge on any atom is 0.171 e. The molecule has 34 heteroatoms. The van der Waals surface area contributed by atoms with Gasteiger partial charge in [-0.15, -0.1) is 0 Å². The van der Waals surface area contributed by atoms with Gasteiger partial charge in [0.2, 0.25) is 0 Å². The first kappa shape index (κ1) is 96.2. The molecule has 680 valence electrons. The summed E-state index contributed by atoms with van der Waals surface area (Å²) in [4.78, 5) is 0. The van der Waals surface area contributed by atoms with Crippen molar-refractivity contribution in [1.82, 2.24) is 141 Å². The molecule has 20 aliphatic heterocycles. The molecule has 26 aliphatic rings. The third kappa shape index (κ3) is 38.0. The summed E-state index contributed by atoms with van der Waals surface area (Å²) >= 11 is 0. The number of hydrazine groups is 13. The van der Waals surface area contributed by atoms with Gasteiger partial charge in [0.25, 0.3) is 0 Å². The molecular weight excluding hydrogens is 1500 g/mol. The highest BCUT2D eigenvalue weighted by Gasteiger charge is 2.42. The van der Waals surface area contributed by atoms with Crippen LogP contribution in [0.1, 0.15) is 200 Å². The Hall–Kier alpha value is -2.40. The topological polar surface area (TPSA) is 387 Å². The van der Waals surface area contributed by atoms with Crippen LogP contribution in [-0.4, -0.2) is 250 Å². The van der Waals surface area contributed by atoms with E-state index in [0.29, 0.717) is 61.9 Å². The van der Waals surface area contributed by atoms with Gasteiger partial charge in [-0.05, 0) is 164 Å². The van der Waals surface area contributed by atoms with Crippen molar-refractivity contribution in [2.24, 2.45) is 35.0 Å². The number of nitrogens with one attached hydrogen (secondary N) is 26. The number of hydrogen-bond acceptors (Lipinski definition) is 34. The smallest absolute Gasteiger partial charge is 0.171 e. The van der Waals surface area contributed by atoms with E-state index in [4.69, 9.17) is 37.9 Å². The highest BCUT2D eigenvalue weighted by Crippen LogP contribution is 2.51. The number of hydrogen-bond donors (Lipinski definition) is 26. The molecule has 16 atom stereocenters. The molecule has 8 bridgehead atoms. The van der Waals surface area contributed by atoms with Gasteiger partial charge < -0.3 is 37.9 Å². The second-order valence-corrected chi connectivity index (χ2v) is 35.6. The molecule has 0 radical (unpaired) electrons. The van der Waals surface area contributed by atoms with Gasteiger partial charge in [0, 0.05) is 142 Å². The third-order valence-corrected chi connectivity index (χ3v) is 26.5. The lowest BCUT2D eigenvalue weighted by Crippen LogP contribution is -2.49. The first-order chi connectivity index (χ1) is 58.3. The molecule has 6 aliphatic carbocycles. The maximum absolute atomic E-state index is 5.63. The standard InChI is InChI=1S/C9H18N2.C8H16N2O.C8H16N2.2C7H14N2O2.2C7H14N2.2C6H10N2O.C6H12N2.C5H8N2.C5H12N2.C3H8N2O/c1-2-4-9-7-11-10-6-5-8(9)3-1;1-2-4-8-7(3-1)5-9-10-6-11-8;1-2-7-4-5-9-10-6-8(7)3-1;1-3-8-9-4-2-7(1)10-5-6-11-7;1-2-8-9-5-7-6(1)10-3-4-11-7;1-2-7(1)3-5-8-9-6-4-7;1-2-6-4-5-7(3-1)9-8-6;2*1-2-6-4-9-3-5(1)7-8-6;1-5-3-7-8-4-6(5)2;1-2-5-3-4(1)6-7-5;1-2-4-6-7-5-3-1;1-2-6-3-5-4-1/h8-11H,1-7H2;7-10H,1-6H2;7-10H,1-6H2;8-9H,1-6H2;6-9H,1-5H2;8-9H,1-6H2;6-9H,1-5H2;2*1-2,5-8H,3-4H2;7-8H,3-4H2,1-2H3;1-2,4-7H,3H2;6-7H,1-5H2;4-5H,1-3H2. The Morgan fingerprint density at radius 3 is 1.19 bits per heavy atom. The van der Waals surface area contributed by atoms with E-state index < -0.39 is 0 Å². The van der Waals surface area contributed by atoms with Crippen molar-refractivity contribution < 1.29 is 37.9 Å². The molecule has 20 heterocycles. The SMILES string of the molecule is C1=CC2CC1NN2.C1=CC2COCC1NN2.C1=CC2COCC1NN2.C1CC2(CCNN1)CC2.C1CC2(CCNN1)OCCO2.C1CC2CCC(C1)NN2.C1CC2CCNNCC2C1.C1CC2OCCOC2CNN1.C1CCC2CNNCCC2C1.C1CCC2OCNNCC2C1.C1CCNNCC1.C1COCNN1.CC1=C(C)CNNC1. The molecule has 2 spiro atoms. The fourth-order valence-corrected chi connectivity index (χ4v) is 18.6. The van der Waals surface area contributed by atoms with Gasteiger partial charge in [-0.2, -0.15) is 0 Å². The van der Waals surface area contributed by atoms with Gasteiger partial charge in [0.15, 0.2) is 5.79 Å². The zero-order chi connectivity index (χ0) is 81.3. The Bertz CT molecular complexity index is 2420. The van der Waals surface area contributed by atoms with Crippen LogP contribution >= 0.6 is 0 Å². The molecule has 20 fully saturated rings. The van der Waals surface area contributed by atoms with E-state index in [-0.39, 0.29) is 11.9 Å². The molecule has 34 nitrogen and oxygen atoms in total. The van der Waals surface area contributed by atoms with Crippen LogP contribution in [0.15, 0.2) is 47.6 Å². The molecule has 0 aromatic heterocycles. The average molecular weight is 1670 g/mol. The van der Waals surface area contributed by atoms with Crippen molar-refractivity contribution in [2.45, 2.75) is 272 Å². The molecule has 0 amide bonds. The van der Waals surface area contributed by atoms with Crippen LogP contribution in [0, 0.1) is 35.0 Å². The minimum absolute atomic E-state index is 0.249. The highest BCUT2D eigenvalue weighted by atomic mass is 16.7. The molecule has 26 rings (SSSR count). The molecule has 16 unspecified atom stereocenters. The van der Waals surface area contributed by atoms with Crippen molar-refractivity contribution in [2.75, 3.05) is 178 Å². The molecule has 118 heavy (non-hydrogen) atoms. The molecule has 26 N–H and O–H groups in total. The number of rotatable bonds is 0. The summed E-state index contributed by atoms with van der Waals surface area (Å²) in [6, 6.07) is 4.34. The van der Waals surface area contributed by atoms with Crippen LogP contribution in [0.4, 0.5) is 0 Å². The quantitative estimate of drug-likeness (QED) is 0.153. The van der Waals surface area contributed by atoms with Crippen molar-refractivity contribution in [3.8, 4) is 0 Å². The second-order valence-electron chi connectivity index (χ2n) is 35.6. The van der Waals surface area contributed by atoms with E-state index in [0.717, 1.165) is 191 Å². The van der Waals surface area contributed by atoms with E-state index in [1.165, 1.54) is 217 Å². The molecule has 0 aromatic rings. The Kier molecular flexibility index (Phi) is 47.4. The molecule has 15 saturated heterocycles. The summed E-state index contributed by atoms with van der Waals surface area (Å²) in [5.74, 6) is 4.48. The van der Waals surface area contributed by atoms with Crippen molar-refractivity contribution >= 4 is 0 Å². The first-order valence-electron chi connectivity index (χ1n) is 47.0. The monoisotopic (exact) mass is 1670 g/mol. The van der Waals surface area contributed by atoms with Crippen molar-refractivity contribution in [3.05, 3.63) is 47.6 Å². The first-order valence-corrected chi connectivity index (χ1v) is 47.0. The third-order valence-electron chi connectivity index (χ3n) is 26.5. The van der Waals surface area contributed by atoms with E-state index in [2.05, 4.69) is 191 Å². The largest absolute Gasteiger partial charge is 0.377 e. The Labute approximate surface area is 708 Å². The average Bonchev–Trinajstić information content (AvgIpc) is 1.67. The maximum atomic E-state index is 5.63. The number of ether oxygens (including phenoxy) is 8. The van der Waals surface area contributed by atoms with Gasteiger partial charge in [-0.3, -0.25) is 109 Å². The highest BCUT2D eigenvalue weighted by molar-refractivity contribution is 5.15. The summed E-state index contributed by atoms with van der Waals surface area (Å²) in [6.07, 6.45) is 53.3. The van der Waals surface area contributed by atoms with Gasteiger partial charge in [-0.25, -0.2) is 32.6 Å². The van der Waals surface area contributed by atoms with Gasteiger partial charge in [0.1, 0.15) is 13.5 Å². The summed E-state index contributed by atoms with van der Waals surface area (Å²) in [5.41, 5.74) is 85.1. The molecule has 0 aromatic carbocycles. The van der Waals surface area contributed by atoms with E-state index >= 15 is 0 Å².